The number of piperazine rings is 1. The summed E-state index contributed by atoms with van der Waals surface area (Å²) in [6, 6.07) is 0.356. The first-order valence-corrected chi connectivity index (χ1v) is 7.71. The van der Waals surface area contributed by atoms with Crippen molar-refractivity contribution in [3.8, 4) is 0 Å². The molecule has 2 heterocycles. The summed E-state index contributed by atoms with van der Waals surface area (Å²) in [5.41, 5.74) is 0.439. The first-order valence-electron chi connectivity index (χ1n) is 6.90. The predicted molar refractivity (Wildman–Crippen MR) is 82.1 cm³/mol. The van der Waals surface area contributed by atoms with Crippen LogP contribution in [0.2, 0.25) is 0 Å². The molecule has 1 N–H and O–H groups in total. The van der Waals surface area contributed by atoms with Crippen LogP contribution in [0.1, 0.15) is 43.1 Å². The highest BCUT2D eigenvalue weighted by Crippen LogP contribution is 2.35. The van der Waals surface area contributed by atoms with E-state index in [1.165, 1.54) is 11.3 Å². The van der Waals surface area contributed by atoms with E-state index in [0.717, 1.165) is 24.8 Å². The lowest BCUT2D eigenvalue weighted by molar-refractivity contribution is 0.0699. The molecule has 6 heteroatoms. The lowest BCUT2D eigenvalue weighted by Crippen LogP contribution is -2.50. The van der Waals surface area contributed by atoms with Gasteiger partial charge in [-0.25, -0.2) is 9.78 Å². The lowest BCUT2D eigenvalue weighted by Gasteiger charge is -2.38. The molecular formula is C14H23N3O2S. The predicted octanol–water partition coefficient (Wildman–Crippen LogP) is 2.28. The van der Waals surface area contributed by atoms with Gasteiger partial charge in [-0.3, -0.25) is 0 Å². The molecule has 2 rings (SSSR count). The number of anilines is 1. The Kier molecular flexibility index (Phi) is 4.07. The highest BCUT2D eigenvalue weighted by Gasteiger charge is 2.31. The smallest absolute Gasteiger partial charge is 0.347 e. The van der Waals surface area contributed by atoms with Gasteiger partial charge >= 0.3 is 5.97 Å². The largest absolute Gasteiger partial charge is 0.477 e. The zero-order valence-corrected chi connectivity index (χ0v) is 13.6. The number of likely N-dealkylation sites (N-methyl/N-ethyl adjacent to an activating group) is 1. The van der Waals surface area contributed by atoms with Crippen LogP contribution in [-0.2, 0) is 5.41 Å². The van der Waals surface area contributed by atoms with Gasteiger partial charge in [-0.2, -0.15) is 0 Å². The maximum atomic E-state index is 11.4. The van der Waals surface area contributed by atoms with Crippen molar-refractivity contribution < 1.29 is 9.90 Å². The van der Waals surface area contributed by atoms with E-state index in [0.29, 0.717) is 16.6 Å². The summed E-state index contributed by atoms with van der Waals surface area (Å²) in [6.07, 6.45) is 0. The third-order valence-corrected chi connectivity index (χ3v) is 4.68. The van der Waals surface area contributed by atoms with Crippen LogP contribution in [0.25, 0.3) is 0 Å². The second-order valence-corrected chi connectivity index (χ2v) is 7.51. The Morgan fingerprint density at radius 2 is 2.05 bits per heavy atom. The minimum Gasteiger partial charge on any atom is -0.477 e. The number of aromatic carboxylic acids is 1. The highest BCUT2D eigenvalue weighted by molar-refractivity contribution is 7.17. The standard InChI is InChI=1S/C14H23N3O2S/c1-9-8-16(5)6-7-17(9)13-15-11(14(2,3)4)10(20-13)12(18)19/h9H,6-8H2,1-5H3,(H,18,19). The fourth-order valence-corrected chi connectivity index (χ4v) is 3.75. The van der Waals surface area contributed by atoms with Gasteiger partial charge in [0.05, 0.1) is 5.69 Å². The fraction of sp³-hybridized carbons (Fsp3) is 0.714. The quantitative estimate of drug-likeness (QED) is 0.907. The van der Waals surface area contributed by atoms with Gasteiger partial charge in [0.25, 0.3) is 0 Å². The van der Waals surface area contributed by atoms with E-state index < -0.39 is 5.97 Å². The van der Waals surface area contributed by atoms with E-state index in [1.807, 2.05) is 20.8 Å². The monoisotopic (exact) mass is 297 g/mol. The Balaban J connectivity index is 2.36. The molecule has 1 atom stereocenters. The summed E-state index contributed by atoms with van der Waals surface area (Å²) in [6.45, 7) is 11.0. The zero-order chi connectivity index (χ0) is 15.1. The van der Waals surface area contributed by atoms with E-state index in [2.05, 4.69) is 28.8 Å². The molecule has 0 amide bonds. The fourth-order valence-electron chi connectivity index (χ4n) is 2.51. The number of thiazole rings is 1. The Morgan fingerprint density at radius 1 is 1.40 bits per heavy atom. The zero-order valence-electron chi connectivity index (χ0n) is 12.8. The van der Waals surface area contributed by atoms with Crippen LogP contribution in [0.4, 0.5) is 5.13 Å². The van der Waals surface area contributed by atoms with Gasteiger partial charge in [-0.1, -0.05) is 32.1 Å². The third-order valence-electron chi connectivity index (χ3n) is 3.60. The van der Waals surface area contributed by atoms with Gasteiger partial charge in [0, 0.05) is 31.1 Å². The number of hydrogen-bond donors (Lipinski definition) is 1. The normalized spacial score (nSPS) is 21.2. The van der Waals surface area contributed by atoms with Crippen LogP contribution in [-0.4, -0.2) is 53.7 Å². The van der Waals surface area contributed by atoms with Gasteiger partial charge in [0.2, 0.25) is 0 Å². The Hall–Kier alpha value is -1.14. The molecule has 0 saturated carbocycles. The maximum Gasteiger partial charge on any atom is 0.347 e. The first-order chi connectivity index (χ1) is 9.20. The number of hydrogen-bond acceptors (Lipinski definition) is 5. The van der Waals surface area contributed by atoms with E-state index >= 15 is 0 Å². The third kappa shape index (κ3) is 2.96. The van der Waals surface area contributed by atoms with Crippen LogP contribution in [0.15, 0.2) is 0 Å². The van der Waals surface area contributed by atoms with Crippen LogP contribution < -0.4 is 4.90 Å². The number of nitrogens with zero attached hydrogens (tertiary/aromatic N) is 3. The molecule has 0 aliphatic carbocycles. The van der Waals surface area contributed by atoms with Gasteiger partial charge in [0.15, 0.2) is 5.13 Å². The molecule has 1 aromatic heterocycles. The van der Waals surface area contributed by atoms with Crippen molar-refractivity contribution in [1.29, 1.82) is 0 Å². The average molecular weight is 297 g/mol. The SMILES string of the molecule is CC1CN(C)CCN1c1nc(C(C)(C)C)c(C(=O)O)s1. The van der Waals surface area contributed by atoms with Crippen LogP contribution in [0.3, 0.4) is 0 Å². The van der Waals surface area contributed by atoms with E-state index in [9.17, 15) is 9.90 Å². The maximum absolute atomic E-state index is 11.4. The molecule has 1 aromatic rings. The minimum atomic E-state index is -0.875. The Bertz CT molecular complexity index is 507. The molecule has 5 nitrogen and oxygen atoms in total. The second kappa shape index (κ2) is 5.33. The summed E-state index contributed by atoms with van der Waals surface area (Å²) >= 11 is 1.30. The molecule has 0 aromatic carbocycles. The average Bonchev–Trinajstić information content (AvgIpc) is 2.73. The van der Waals surface area contributed by atoms with E-state index in [-0.39, 0.29) is 5.41 Å². The van der Waals surface area contributed by atoms with Crippen molar-refractivity contribution in [2.24, 2.45) is 0 Å². The Morgan fingerprint density at radius 3 is 2.50 bits per heavy atom. The summed E-state index contributed by atoms with van der Waals surface area (Å²) < 4.78 is 0. The molecule has 0 radical (unpaired) electrons. The minimum absolute atomic E-state index is 0.252. The topological polar surface area (TPSA) is 56.7 Å². The highest BCUT2D eigenvalue weighted by atomic mass is 32.1. The molecule has 1 aliphatic heterocycles. The molecule has 0 bridgehead atoms. The molecular weight excluding hydrogens is 274 g/mol. The van der Waals surface area contributed by atoms with Crippen molar-refractivity contribution in [3.63, 3.8) is 0 Å². The number of rotatable bonds is 2. The van der Waals surface area contributed by atoms with Crippen LogP contribution >= 0.6 is 11.3 Å². The summed E-state index contributed by atoms with van der Waals surface area (Å²) in [4.78, 5) is 21.0. The summed E-state index contributed by atoms with van der Waals surface area (Å²) in [5, 5.41) is 10.2. The molecule has 112 valence electrons. The molecule has 1 aliphatic rings. The van der Waals surface area contributed by atoms with Gasteiger partial charge in [0.1, 0.15) is 4.88 Å². The molecule has 1 saturated heterocycles. The van der Waals surface area contributed by atoms with Crippen molar-refractivity contribution >= 4 is 22.4 Å². The second-order valence-electron chi connectivity index (χ2n) is 6.53. The molecule has 20 heavy (non-hydrogen) atoms. The van der Waals surface area contributed by atoms with Crippen molar-refractivity contribution in [2.45, 2.75) is 39.2 Å². The summed E-state index contributed by atoms with van der Waals surface area (Å²) in [7, 11) is 2.11. The number of carbonyl (C=O) groups is 1. The van der Waals surface area contributed by atoms with Crippen molar-refractivity contribution in [3.05, 3.63) is 10.6 Å². The van der Waals surface area contributed by atoms with Crippen LogP contribution in [0.5, 0.6) is 0 Å². The number of carboxylic acids is 1. The van der Waals surface area contributed by atoms with Crippen LogP contribution in [0, 0.1) is 0 Å². The summed E-state index contributed by atoms with van der Waals surface area (Å²) in [5.74, 6) is -0.875. The number of aromatic nitrogens is 1. The Labute approximate surface area is 124 Å². The van der Waals surface area contributed by atoms with Gasteiger partial charge in [-0.15, -0.1) is 0 Å². The molecule has 1 fully saturated rings. The van der Waals surface area contributed by atoms with Gasteiger partial charge < -0.3 is 14.9 Å². The van der Waals surface area contributed by atoms with E-state index in [4.69, 9.17) is 0 Å². The van der Waals surface area contributed by atoms with E-state index in [1.54, 1.807) is 0 Å². The number of carboxylic acid groups (broad SMARTS) is 1. The van der Waals surface area contributed by atoms with Gasteiger partial charge in [-0.05, 0) is 14.0 Å². The first kappa shape index (κ1) is 15.3. The molecule has 0 spiro atoms. The van der Waals surface area contributed by atoms with Crippen molar-refractivity contribution in [1.82, 2.24) is 9.88 Å². The lowest BCUT2D eigenvalue weighted by atomic mass is 9.91. The molecule has 1 unspecified atom stereocenters. The van der Waals surface area contributed by atoms with Crippen molar-refractivity contribution in [2.75, 3.05) is 31.6 Å².